The lowest BCUT2D eigenvalue weighted by Gasteiger charge is -2.10. The maximum atomic E-state index is 11.3. The van der Waals surface area contributed by atoms with Crippen LogP contribution in [0.2, 0.25) is 0 Å². The SMILES string of the molecule is Cc1nn(C)cc1Cn1ccc(=O)nc1SCC(=O)O. The van der Waals surface area contributed by atoms with Gasteiger partial charge in [-0.15, -0.1) is 0 Å². The summed E-state index contributed by atoms with van der Waals surface area (Å²) in [6.45, 7) is 2.39. The predicted octanol–water partition coefficient (Wildman–Crippen LogP) is 0.510. The normalized spacial score (nSPS) is 10.7. The summed E-state index contributed by atoms with van der Waals surface area (Å²) in [5, 5.41) is 13.4. The van der Waals surface area contributed by atoms with Crippen LogP contribution in [0.15, 0.2) is 28.4 Å². The number of carboxylic acid groups (broad SMARTS) is 1. The van der Waals surface area contributed by atoms with E-state index in [0.29, 0.717) is 11.7 Å². The van der Waals surface area contributed by atoms with Crippen LogP contribution in [-0.2, 0) is 18.4 Å². The minimum absolute atomic E-state index is 0.136. The highest BCUT2D eigenvalue weighted by molar-refractivity contribution is 7.99. The molecule has 0 aromatic carbocycles. The molecule has 106 valence electrons. The minimum Gasteiger partial charge on any atom is -0.481 e. The zero-order valence-electron chi connectivity index (χ0n) is 11.1. The van der Waals surface area contributed by atoms with E-state index in [4.69, 9.17) is 5.11 Å². The standard InChI is InChI=1S/C12H14N4O3S/c1-8-9(5-15(2)14-8)6-16-4-3-10(17)13-12(16)20-7-11(18)19/h3-5H,6-7H2,1-2H3,(H,18,19). The molecule has 0 radical (unpaired) electrons. The van der Waals surface area contributed by atoms with Crippen molar-refractivity contribution in [3.05, 3.63) is 40.1 Å². The number of hydrogen-bond acceptors (Lipinski definition) is 5. The molecule has 2 heterocycles. The summed E-state index contributed by atoms with van der Waals surface area (Å²) in [6, 6.07) is 1.36. The van der Waals surface area contributed by atoms with E-state index in [-0.39, 0.29) is 11.3 Å². The Morgan fingerprint density at radius 3 is 2.85 bits per heavy atom. The molecule has 0 amide bonds. The van der Waals surface area contributed by atoms with Crippen LogP contribution in [0.25, 0.3) is 0 Å². The molecule has 1 N–H and O–H groups in total. The second-order valence-corrected chi connectivity index (χ2v) is 5.21. The average molecular weight is 294 g/mol. The van der Waals surface area contributed by atoms with Gasteiger partial charge in [-0.3, -0.25) is 14.3 Å². The Labute approximate surface area is 119 Å². The Kier molecular flexibility index (Phi) is 4.23. The van der Waals surface area contributed by atoms with Crippen molar-refractivity contribution >= 4 is 17.7 Å². The Morgan fingerprint density at radius 1 is 1.50 bits per heavy atom. The number of carboxylic acids is 1. The first-order chi connectivity index (χ1) is 9.45. The average Bonchev–Trinajstić information content (AvgIpc) is 2.68. The van der Waals surface area contributed by atoms with Crippen LogP contribution in [0, 0.1) is 6.92 Å². The number of thioether (sulfide) groups is 1. The van der Waals surface area contributed by atoms with Gasteiger partial charge >= 0.3 is 5.97 Å². The number of aromatic nitrogens is 4. The second-order valence-electron chi connectivity index (χ2n) is 4.27. The van der Waals surface area contributed by atoms with Gasteiger partial charge in [0.1, 0.15) is 0 Å². The van der Waals surface area contributed by atoms with Crippen LogP contribution < -0.4 is 5.56 Å². The van der Waals surface area contributed by atoms with Gasteiger partial charge < -0.3 is 9.67 Å². The summed E-state index contributed by atoms with van der Waals surface area (Å²) in [7, 11) is 1.83. The van der Waals surface area contributed by atoms with Gasteiger partial charge in [-0.25, -0.2) is 0 Å². The van der Waals surface area contributed by atoms with Crippen molar-refractivity contribution in [2.75, 3.05) is 5.75 Å². The quantitative estimate of drug-likeness (QED) is 0.638. The van der Waals surface area contributed by atoms with Crippen LogP contribution in [0.3, 0.4) is 0 Å². The van der Waals surface area contributed by atoms with E-state index < -0.39 is 5.97 Å². The highest BCUT2D eigenvalue weighted by atomic mass is 32.2. The molecular formula is C12H14N4O3S. The van der Waals surface area contributed by atoms with Crippen LogP contribution >= 0.6 is 11.8 Å². The summed E-state index contributed by atoms with van der Waals surface area (Å²) in [5.74, 6) is -1.08. The molecule has 8 heteroatoms. The molecule has 0 spiro atoms. The van der Waals surface area contributed by atoms with Gasteiger partial charge in [0.25, 0.3) is 5.56 Å². The first kappa shape index (κ1) is 14.3. The molecule has 0 aliphatic heterocycles. The van der Waals surface area contributed by atoms with Gasteiger partial charge in [-0.1, -0.05) is 11.8 Å². The number of nitrogens with zero attached hydrogens (tertiary/aromatic N) is 4. The molecule has 0 bridgehead atoms. The topological polar surface area (TPSA) is 90.0 Å². The molecule has 20 heavy (non-hydrogen) atoms. The van der Waals surface area contributed by atoms with Crippen molar-refractivity contribution < 1.29 is 9.90 Å². The zero-order chi connectivity index (χ0) is 14.7. The second kappa shape index (κ2) is 5.91. The van der Waals surface area contributed by atoms with Crippen molar-refractivity contribution in [1.82, 2.24) is 19.3 Å². The van der Waals surface area contributed by atoms with Crippen LogP contribution in [0.4, 0.5) is 0 Å². The third kappa shape index (κ3) is 3.47. The molecular weight excluding hydrogens is 280 g/mol. The molecule has 2 rings (SSSR count). The molecule has 2 aromatic rings. The molecule has 0 saturated heterocycles. The number of carbonyl (C=O) groups is 1. The van der Waals surface area contributed by atoms with Crippen molar-refractivity contribution in [2.24, 2.45) is 7.05 Å². The fraction of sp³-hybridized carbons (Fsp3) is 0.333. The Balaban J connectivity index is 2.28. The molecule has 7 nitrogen and oxygen atoms in total. The van der Waals surface area contributed by atoms with Crippen LogP contribution in [0.1, 0.15) is 11.3 Å². The first-order valence-electron chi connectivity index (χ1n) is 5.87. The monoisotopic (exact) mass is 294 g/mol. The lowest BCUT2D eigenvalue weighted by Crippen LogP contribution is -2.15. The Bertz CT molecular complexity index is 692. The summed E-state index contributed by atoms with van der Waals surface area (Å²) < 4.78 is 3.46. The van der Waals surface area contributed by atoms with Crippen molar-refractivity contribution in [3.63, 3.8) is 0 Å². The number of aryl methyl sites for hydroxylation is 2. The van der Waals surface area contributed by atoms with E-state index in [9.17, 15) is 9.59 Å². The van der Waals surface area contributed by atoms with E-state index >= 15 is 0 Å². The van der Waals surface area contributed by atoms with Gasteiger partial charge in [0, 0.05) is 31.1 Å². The zero-order valence-corrected chi connectivity index (χ0v) is 11.9. The third-order valence-corrected chi connectivity index (χ3v) is 3.60. The smallest absolute Gasteiger partial charge is 0.313 e. The largest absolute Gasteiger partial charge is 0.481 e. The molecule has 0 aliphatic carbocycles. The Hall–Kier alpha value is -2.09. The summed E-state index contributed by atoms with van der Waals surface area (Å²) >= 11 is 1.03. The van der Waals surface area contributed by atoms with Gasteiger partial charge in [0.05, 0.1) is 18.0 Å². The molecule has 0 saturated carbocycles. The fourth-order valence-electron chi connectivity index (χ4n) is 1.76. The summed E-state index contributed by atoms with van der Waals surface area (Å²) in [5.41, 5.74) is 1.51. The van der Waals surface area contributed by atoms with Gasteiger partial charge in [0.2, 0.25) is 0 Å². The highest BCUT2D eigenvalue weighted by Gasteiger charge is 2.10. The lowest BCUT2D eigenvalue weighted by molar-refractivity contribution is -0.133. The molecule has 2 aromatic heterocycles. The number of rotatable bonds is 5. The molecule has 0 atom stereocenters. The highest BCUT2D eigenvalue weighted by Crippen LogP contribution is 2.16. The maximum Gasteiger partial charge on any atom is 0.313 e. The molecule has 0 fully saturated rings. The lowest BCUT2D eigenvalue weighted by atomic mass is 10.2. The van der Waals surface area contributed by atoms with E-state index in [1.807, 2.05) is 20.2 Å². The predicted molar refractivity (Wildman–Crippen MR) is 73.9 cm³/mol. The van der Waals surface area contributed by atoms with Crippen molar-refractivity contribution in [1.29, 1.82) is 0 Å². The van der Waals surface area contributed by atoms with Crippen LogP contribution in [-0.4, -0.2) is 36.2 Å². The maximum absolute atomic E-state index is 11.3. The van der Waals surface area contributed by atoms with E-state index in [1.165, 1.54) is 6.07 Å². The molecule has 0 aliphatic rings. The van der Waals surface area contributed by atoms with Crippen molar-refractivity contribution in [2.45, 2.75) is 18.6 Å². The molecule has 0 unspecified atom stereocenters. The van der Waals surface area contributed by atoms with E-state index in [2.05, 4.69) is 10.1 Å². The minimum atomic E-state index is -0.947. The fourth-order valence-corrected chi connectivity index (χ4v) is 2.46. The van der Waals surface area contributed by atoms with Crippen molar-refractivity contribution in [3.8, 4) is 0 Å². The van der Waals surface area contributed by atoms with Gasteiger partial charge in [-0.05, 0) is 6.92 Å². The summed E-state index contributed by atoms with van der Waals surface area (Å²) in [4.78, 5) is 25.8. The van der Waals surface area contributed by atoms with E-state index in [1.54, 1.807) is 15.4 Å². The Morgan fingerprint density at radius 2 is 2.25 bits per heavy atom. The number of aliphatic carboxylic acids is 1. The number of hydrogen-bond donors (Lipinski definition) is 1. The van der Waals surface area contributed by atoms with Crippen LogP contribution in [0.5, 0.6) is 0 Å². The summed E-state index contributed by atoms with van der Waals surface area (Å²) in [6.07, 6.45) is 3.50. The van der Waals surface area contributed by atoms with E-state index in [0.717, 1.165) is 23.0 Å². The van der Waals surface area contributed by atoms with Gasteiger partial charge in [0.15, 0.2) is 5.16 Å². The van der Waals surface area contributed by atoms with Gasteiger partial charge in [-0.2, -0.15) is 10.1 Å². The first-order valence-corrected chi connectivity index (χ1v) is 6.85. The third-order valence-electron chi connectivity index (χ3n) is 2.63.